The third-order valence-electron chi connectivity index (χ3n) is 7.34. The van der Waals surface area contributed by atoms with Crippen molar-refractivity contribution in [3.05, 3.63) is 47.2 Å². The van der Waals surface area contributed by atoms with Crippen LogP contribution in [0, 0.1) is 5.92 Å². The van der Waals surface area contributed by atoms with Crippen LogP contribution >= 0.6 is 0 Å². The van der Waals surface area contributed by atoms with E-state index < -0.39 is 0 Å². The largest absolute Gasteiger partial charge is 0.394 e. The maximum Gasteiger partial charge on any atom is 0.270 e. The van der Waals surface area contributed by atoms with Gasteiger partial charge in [0.1, 0.15) is 12.2 Å². The van der Waals surface area contributed by atoms with E-state index in [0.29, 0.717) is 24.9 Å². The van der Waals surface area contributed by atoms with Gasteiger partial charge in [-0.1, -0.05) is 37.3 Å². The van der Waals surface area contributed by atoms with E-state index in [-0.39, 0.29) is 36.3 Å². The van der Waals surface area contributed by atoms with Gasteiger partial charge in [0.15, 0.2) is 0 Å². The molecule has 0 radical (unpaired) electrons. The van der Waals surface area contributed by atoms with Gasteiger partial charge in [0, 0.05) is 37.5 Å². The number of carbonyl (C=O) groups is 2. The molecule has 1 aromatic rings. The molecular formula is C27H38N4O3. The molecule has 3 fully saturated rings. The Morgan fingerprint density at radius 2 is 1.74 bits per heavy atom. The molecule has 0 aromatic heterocycles. The van der Waals surface area contributed by atoms with E-state index in [0.717, 1.165) is 50.1 Å². The second-order valence-corrected chi connectivity index (χ2v) is 10.1. The summed E-state index contributed by atoms with van der Waals surface area (Å²) in [6.45, 7) is 8.87. The zero-order valence-electron chi connectivity index (χ0n) is 20.7. The van der Waals surface area contributed by atoms with Gasteiger partial charge >= 0.3 is 0 Å². The Morgan fingerprint density at radius 3 is 2.41 bits per heavy atom. The van der Waals surface area contributed by atoms with Gasteiger partial charge in [0.05, 0.1) is 12.2 Å². The molecule has 7 heteroatoms. The number of rotatable bonds is 4. The van der Waals surface area contributed by atoms with Gasteiger partial charge in [-0.2, -0.15) is 0 Å². The topological polar surface area (TPSA) is 88.2 Å². The highest BCUT2D eigenvalue weighted by atomic mass is 16.5. The number of nitrogens with two attached hydrogens (primary N) is 1. The Balaban J connectivity index is 1.38. The number of likely N-dealkylation sites (tertiary alicyclic amines) is 1. The summed E-state index contributed by atoms with van der Waals surface area (Å²) in [4.78, 5) is 34.4. The minimum absolute atomic E-state index is 0.00624. The number of benzene rings is 1. The Kier molecular flexibility index (Phi) is 7.71. The fourth-order valence-corrected chi connectivity index (χ4v) is 5.67. The highest BCUT2D eigenvalue weighted by molar-refractivity contribution is 6.09. The summed E-state index contributed by atoms with van der Waals surface area (Å²) in [5, 5.41) is 0. The summed E-state index contributed by atoms with van der Waals surface area (Å²) in [6.07, 6.45) is 3.36. The minimum Gasteiger partial charge on any atom is -0.394 e. The lowest BCUT2D eigenvalue weighted by atomic mass is 9.81. The van der Waals surface area contributed by atoms with Crippen LogP contribution in [-0.4, -0.2) is 72.3 Å². The smallest absolute Gasteiger partial charge is 0.270 e. The van der Waals surface area contributed by atoms with Gasteiger partial charge in [-0.3, -0.25) is 14.6 Å². The highest BCUT2D eigenvalue weighted by Crippen LogP contribution is 2.32. The quantitative estimate of drug-likeness (QED) is 0.691. The van der Waals surface area contributed by atoms with Crippen LogP contribution in [0.5, 0.6) is 0 Å². The van der Waals surface area contributed by atoms with E-state index in [2.05, 4.69) is 36.2 Å². The molecule has 4 rings (SSSR count). The number of hydrogen-bond acceptors (Lipinski definition) is 5. The number of amides is 2. The van der Waals surface area contributed by atoms with Gasteiger partial charge < -0.3 is 20.3 Å². The fourth-order valence-electron chi connectivity index (χ4n) is 5.67. The Bertz CT molecular complexity index is 948. The first-order valence-electron chi connectivity index (χ1n) is 12.6. The summed E-state index contributed by atoms with van der Waals surface area (Å²) in [5.74, 6) is 0.797. The lowest BCUT2D eigenvalue weighted by molar-refractivity contribution is -0.139. The highest BCUT2D eigenvalue weighted by Gasteiger charge is 2.31. The molecule has 4 atom stereocenters. The number of ether oxygens (including phenoxy) is 1. The first-order valence-corrected chi connectivity index (χ1v) is 12.6. The van der Waals surface area contributed by atoms with Gasteiger partial charge in [0.25, 0.3) is 5.91 Å². The van der Waals surface area contributed by atoms with E-state index in [4.69, 9.17) is 10.5 Å². The van der Waals surface area contributed by atoms with Crippen molar-refractivity contribution in [2.24, 2.45) is 16.6 Å². The van der Waals surface area contributed by atoms with E-state index >= 15 is 0 Å². The van der Waals surface area contributed by atoms with Crippen molar-refractivity contribution in [2.45, 2.75) is 64.6 Å². The van der Waals surface area contributed by atoms with E-state index in [1.54, 1.807) is 4.90 Å². The van der Waals surface area contributed by atoms with Crippen LogP contribution in [0.1, 0.15) is 57.9 Å². The van der Waals surface area contributed by atoms with Gasteiger partial charge in [0.2, 0.25) is 5.91 Å². The third kappa shape index (κ3) is 5.52. The average Bonchev–Trinajstić information content (AvgIpc) is 3.30. The van der Waals surface area contributed by atoms with Crippen LogP contribution < -0.4 is 5.73 Å². The molecular weight excluding hydrogens is 428 g/mol. The Hall–Kier alpha value is -2.67. The maximum absolute atomic E-state index is 13.0. The van der Waals surface area contributed by atoms with Crippen molar-refractivity contribution in [1.29, 1.82) is 0 Å². The van der Waals surface area contributed by atoms with Crippen LogP contribution in [0.25, 0.3) is 0 Å². The molecule has 0 spiro atoms. The third-order valence-corrected chi connectivity index (χ3v) is 7.34. The fraction of sp³-hybridized carbons (Fsp3) is 0.593. The van der Waals surface area contributed by atoms with Crippen LogP contribution in [0.2, 0.25) is 0 Å². The standard InChI is InChI=1S/C27H38N4O3/c1-18-15-30(13-12-22(18)21-8-5-4-6-9-21)25(32)14-29-24-11-7-10-23(24)26(28)27(33)31-16-19(2)34-20(3)17-31/h4-6,8-9,18-20,22H,7,10-17,28H2,1-3H3/b26-23-,29-24?/t18-,19-,20+,22+/m0/s1. The van der Waals surface area contributed by atoms with Crippen molar-refractivity contribution < 1.29 is 14.3 Å². The molecule has 1 aromatic carbocycles. The first kappa shape index (κ1) is 24.5. The lowest BCUT2D eigenvalue weighted by Crippen LogP contribution is -2.49. The summed E-state index contributed by atoms with van der Waals surface area (Å²) >= 11 is 0. The number of hydrogen-bond donors (Lipinski definition) is 1. The Labute approximate surface area is 203 Å². The van der Waals surface area contributed by atoms with Crippen LogP contribution in [-0.2, 0) is 14.3 Å². The monoisotopic (exact) mass is 466 g/mol. The van der Waals surface area contributed by atoms with Crippen LogP contribution in [0.15, 0.2) is 46.6 Å². The number of allylic oxidation sites excluding steroid dienone is 1. The summed E-state index contributed by atoms with van der Waals surface area (Å²) in [5.41, 5.74) is 9.62. The summed E-state index contributed by atoms with van der Waals surface area (Å²) in [7, 11) is 0. The number of carbonyl (C=O) groups excluding carboxylic acids is 2. The minimum atomic E-state index is -0.144. The molecule has 7 nitrogen and oxygen atoms in total. The lowest BCUT2D eigenvalue weighted by Gasteiger charge is -2.37. The van der Waals surface area contributed by atoms with Crippen molar-refractivity contribution in [3.8, 4) is 0 Å². The van der Waals surface area contributed by atoms with Crippen molar-refractivity contribution in [2.75, 3.05) is 32.7 Å². The summed E-state index contributed by atoms with van der Waals surface area (Å²) < 4.78 is 5.74. The first-order chi connectivity index (χ1) is 16.3. The number of piperidine rings is 1. The normalized spacial score (nSPS) is 30.5. The van der Waals surface area contributed by atoms with Crippen molar-refractivity contribution in [1.82, 2.24) is 9.80 Å². The summed E-state index contributed by atoms with van der Waals surface area (Å²) in [6, 6.07) is 10.6. The molecule has 0 unspecified atom stereocenters. The predicted octanol–water partition coefficient (Wildman–Crippen LogP) is 3.11. The molecule has 3 aliphatic rings. The van der Waals surface area contributed by atoms with Crippen LogP contribution in [0.3, 0.4) is 0 Å². The zero-order chi connectivity index (χ0) is 24.2. The van der Waals surface area contributed by atoms with E-state index in [1.807, 2.05) is 24.8 Å². The molecule has 2 N–H and O–H groups in total. The van der Waals surface area contributed by atoms with E-state index in [9.17, 15) is 9.59 Å². The van der Waals surface area contributed by atoms with Crippen LogP contribution in [0.4, 0.5) is 0 Å². The molecule has 2 aliphatic heterocycles. The van der Waals surface area contributed by atoms with Crippen molar-refractivity contribution >= 4 is 17.5 Å². The molecule has 2 saturated heterocycles. The SMILES string of the molecule is C[C@@H]1CN(C(=O)/C(N)=C2\CCCC2=NCC(=O)N2CC[C@@H](c3ccccc3)[C@@H](C)C2)C[C@H](C)O1. The molecule has 2 heterocycles. The molecule has 1 aliphatic carbocycles. The average molecular weight is 467 g/mol. The van der Waals surface area contributed by atoms with Gasteiger partial charge in [-0.15, -0.1) is 0 Å². The molecule has 34 heavy (non-hydrogen) atoms. The second kappa shape index (κ2) is 10.7. The molecule has 1 saturated carbocycles. The molecule has 2 amide bonds. The number of nitrogens with zero attached hydrogens (tertiary/aromatic N) is 3. The zero-order valence-corrected chi connectivity index (χ0v) is 20.7. The van der Waals surface area contributed by atoms with Gasteiger partial charge in [-0.05, 0) is 56.9 Å². The molecule has 184 valence electrons. The second-order valence-electron chi connectivity index (χ2n) is 10.1. The van der Waals surface area contributed by atoms with E-state index in [1.165, 1.54) is 5.56 Å². The predicted molar refractivity (Wildman–Crippen MR) is 133 cm³/mol. The van der Waals surface area contributed by atoms with Crippen molar-refractivity contribution in [3.63, 3.8) is 0 Å². The number of aliphatic imine (C=N–C) groups is 1. The number of morpholine rings is 1. The molecule has 0 bridgehead atoms. The maximum atomic E-state index is 13.0. The van der Waals surface area contributed by atoms with Gasteiger partial charge in [-0.25, -0.2) is 0 Å². The Morgan fingerprint density at radius 1 is 1.03 bits per heavy atom.